The second-order valence-electron chi connectivity index (χ2n) is 7.43. The van der Waals surface area contributed by atoms with E-state index in [-0.39, 0.29) is 17.9 Å². The van der Waals surface area contributed by atoms with Crippen molar-refractivity contribution in [2.75, 3.05) is 27.4 Å². The molecule has 0 saturated carbocycles. The second-order valence-corrected chi connectivity index (χ2v) is 7.43. The van der Waals surface area contributed by atoms with Crippen molar-refractivity contribution in [1.29, 1.82) is 0 Å². The number of hydrogen-bond donors (Lipinski definition) is 1. The molecule has 1 aliphatic heterocycles. The van der Waals surface area contributed by atoms with Gasteiger partial charge in [0, 0.05) is 18.1 Å². The molecule has 0 saturated heterocycles. The number of methoxy groups -OCH3 is 2. The van der Waals surface area contributed by atoms with Gasteiger partial charge in [-0.15, -0.1) is 0 Å². The molecule has 2 aromatic rings. The fourth-order valence-electron chi connectivity index (χ4n) is 3.34. The molecule has 0 fully saturated rings. The topological polar surface area (TPSA) is 66.0 Å². The fraction of sp³-hybridized carbons (Fsp3) is 0.375. The van der Waals surface area contributed by atoms with E-state index < -0.39 is 0 Å². The molecule has 1 amide bonds. The molecular weight excluding hydrogens is 382 g/mol. The van der Waals surface area contributed by atoms with Gasteiger partial charge < -0.3 is 24.3 Å². The number of benzene rings is 2. The Balaban J connectivity index is 1.77. The average Bonchev–Trinajstić information content (AvgIpc) is 3.00. The number of rotatable bonds is 7. The van der Waals surface area contributed by atoms with Gasteiger partial charge in [-0.3, -0.25) is 4.79 Å². The predicted octanol–water partition coefficient (Wildman–Crippen LogP) is 4.39. The van der Waals surface area contributed by atoms with E-state index in [1.54, 1.807) is 20.3 Å². The summed E-state index contributed by atoms with van der Waals surface area (Å²) in [6, 6.07) is 11.1. The van der Waals surface area contributed by atoms with Crippen LogP contribution in [0.3, 0.4) is 0 Å². The molecule has 30 heavy (non-hydrogen) atoms. The van der Waals surface area contributed by atoms with Crippen LogP contribution in [0.4, 0.5) is 0 Å². The third-order valence-electron chi connectivity index (χ3n) is 4.95. The molecule has 0 aliphatic carbocycles. The molecule has 0 spiro atoms. The lowest BCUT2D eigenvalue weighted by molar-refractivity contribution is -0.117. The summed E-state index contributed by atoms with van der Waals surface area (Å²) in [6.07, 6.45) is 4.09. The van der Waals surface area contributed by atoms with Gasteiger partial charge in [-0.1, -0.05) is 19.9 Å². The van der Waals surface area contributed by atoms with Crippen molar-refractivity contribution in [1.82, 2.24) is 5.32 Å². The number of amides is 1. The zero-order valence-electron chi connectivity index (χ0n) is 17.9. The summed E-state index contributed by atoms with van der Waals surface area (Å²) >= 11 is 0. The highest BCUT2D eigenvalue weighted by Gasteiger charge is 2.20. The quantitative estimate of drug-likeness (QED) is 0.685. The van der Waals surface area contributed by atoms with Crippen molar-refractivity contribution in [2.24, 2.45) is 5.92 Å². The Hall–Kier alpha value is -3.15. The summed E-state index contributed by atoms with van der Waals surface area (Å²) in [5.74, 6) is 2.84. The van der Waals surface area contributed by atoms with Gasteiger partial charge in [-0.25, -0.2) is 0 Å². The third kappa shape index (κ3) is 5.26. The zero-order valence-corrected chi connectivity index (χ0v) is 17.9. The van der Waals surface area contributed by atoms with Crippen LogP contribution in [-0.2, 0) is 4.79 Å². The Morgan fingerprint density at radius 1 is 1.03 bits per heavy atom. The van der Waals surface area contributed by atoms with Gasteiger partial charge in [0.05, 0.1) is 33.5 Å². The smallest absolute Gasteiger partial charge is 0.244 e. The number of hydrogen-bond acceptors (Lipinski definition) is 5. The van der Waals surface area contributed by atoms with Crippen molar-refractivity contribution in [3.63, 3.8) is 0 Å². The van der Waals surface area contributed by atoms with Crippen LogP contribution in [0, 0.1) is 5.92 Å². The number of ether oxygens (including phenoxy) is 4. The van der Waals surface area contributed by atoms with Crippen molar-refractivity contribution in [2.45, 2.75) is 26.3 Å². The number of nitrogens with one attached hydrogen (secondary N) is 1. The Morgan fingerprint density at radius 3 is 2.50 bits per heavy atom. The summed E-state index contributed by atoms with van der Waals surface area (Å²) in [4.78, 5) is 12.7. The molecule has 1 atom stereocenters. The van der Waals surface area contributed by atoms with Crippen LogP contribution < -0.4 is 24.3 Å². The summed E-state index contributed by atoms with van der Waals surface area (Å²) in [7, 11) is 3.20. The van der Waals surface area contributed by atoms with Crippen LogP contribution in [0.15, 0.2) is 42.5 Å². The van der Waals surface area contributed by atoms with E-state index in [1.807, 2.05) is 36.4 Å². The minimum Gasteiger partial charge on any atom is -0.497 e. The van der Waals surface area contributed by atoms with E-state index in [0.717, 1.165) is 29.0 Å². The minimum absolute atomic E-state index is 0.161. The first kappa shape index (κ1) is 21.6. The van der Waals surface area contributed by atoms with E-state index in [9.17, 15) is 4.79 Å². The SMILES string of the molecule is COc1ccc(OC)c(/C=C/C(=O)N[C@H](c2ccc3c(c2)OCCCO3)C(C)C)c1. The van der Waals surface area contributed by atoms with Crippen molar-refractivity contribution < 1.29 is 23.7 Å². The molecule has 160 valence electrons. The molecule has 6 nitrogen and oxygen atoms in total. The molecule has 2 aromatic carbocycles. The number of carbonyl (C=O) groups is 1. The Bertz CT molecular complexity index is 906. The van der Waals surface area contributed by atoms with Crippen LogP contribution >= 0.6 is 0 Å². The minimum atomic E-state index is -0.189. The molecule has 0 bridgehead atoms. The summed E-state index contributed by atoms with van der Waals surface area (Å²) < 4.78 is 22.1. The van der Waals surface area contributed by atoms with Gasteiger partial charge in [-0.05, 0) is 47.9 Å². The molecule has 0 aromatic heterocycles. The van der Waals surface area contributed by atoms with Gasteiger partial charge in [0.25, 0.3) is 0 Å². The van der Waals surface area contributed by atoms with Crippen LogP contribution in [-0.4, -0.2) is 33.3 Å². The van der Waals surface area contributed by atoms with Gasteiger partial charge in [0.2, 0.25) is 5.91 Å². The monoisotopic (exact) mass is 411 g/mol. The summed E-state index contributed by atoms with van der Waals surface area (Å²) in [6.45, 7) is 5.42. The first-order valence-corrected chi connectivity index (χ1v) is 10.1. The highest BCUT2D eigenvalue weighted by atomic mass is 16.5. The molecule has 1 N–H and O–H groups in total. The largest absolute Gasteiger partial charge is 0.497 e. The predicted molar refractivity (Wildman–Crippen MR) is 116 cm³/mol. The van der Waals surface area contributed by atoms with Crippen LogP contribution in [0.25, 0.3) is 6.08 Å². The number of carbonyl (C=O) groups excluding carboxylic acids is 1. The first-order valence-electron chi connectivity index (χ1n) is 10.1. The van der Waals surface area contributed by atoms with Crippen LogP contribution in [0.2, 0.25) is 0 Å². The molecule has 0 radical (unpaired) electrons. The molecule has 1 aliphatic rings. The van der Waals surface area contributed by atoms with Gasteiger partial charge in [-0.2, -0.15) is 0 Å². The van der Waals surface area contributed by atoms with Gasteiger partial charge in [0.15, 0.2) is 11.5 Å². The maximum Gasteiger partial charge on any atom is 0.244 e. The maximum absolute atomic E-state index is 12.7. The van der Waals surface area contributed by atoms with E-state index >= 15 is 0 Å². The van der Waals surface area contributed by atoms with Gasteiger partial charge in [0.1, 0.15) is 11.5 Å². The van der Waals surface area contributed by atoms with Crippen LogP contribution in [0.5, 0.6) is 23.0 Å². The van der Waals surface area contributed by atoms with E-state index in [2.05, 4.69) is 19.2 Å². The normalized spacial score (nSPS) is 14.3. The zero-order chi connectivity index (χ0) is 21.5. The molecule has 6 heteroatoms. The molecule has 3 rings (SSSR count). The molecule has 0 unspecified atom stereocenters. The summed E-state index contributed by atoms with van der Waals surface area (Å²) in [5.41, 5.74) is 1.75. The first-order chi connectivity index (χ1) is 14.5. The lowest BCUT2D eigenvalue weighted by Gasteiger charge is -2.23. The average molecular weight is 411 g/mol. The fourth-order valence-corrected chi connectivity index (χ4v) is 3.34. The Kier molecular flexibility index (Phi) is 7.22. The Morgan fingerprint density at radius 2 is 1.80 bits per heavy atom. The van der Waals surface area contributed by atoms with E-state index in [1.165, 1.54) is 6.08 Å². The lowest BCUT2D eigenvalue weighted by Crippen LogP contribution is -2.30. The van der Waals surface area contributed by atoms with Crippen LogP contribution in [0.1, 0.15) is 37.4 Å². The standard InChI is InChI=1S/C24H29NO5/c1-16(2)24(18-6-9-21-22(15-18)30-13-5-12-29-21)25-23(26)11-7-17-14-19(27-3)8-10-20(17)28-4/h6-11,14-16,24H,5,12-13H2,1-4H3,(H,25,26)/b11-7+/t24-/m0/s1. The van der Waals surface area contributed by atoms with E-state index in [4.69, 9.17) is 18.9 Å². The Labute approximate surface area is 177 Å². The van der Waals surface area contributed by atoms with Crippen molar-refractivity contribution in [3.8, 4) is 23.0 Å². The van der Waals surface area contributed by atoms with Gasteiger partial charge >= 0.3 is 0 Å². The molecule has 1 heterocycles. The maximum atomic E-state index is 12.7. The second kappa shape index (κ2) is 10.1. The number of fused-ring (bicyclic) bond motifs is 1. The third-order valence-corrected chi connectivity index (χ3v) is 4.95. The van der Waals surface area contributed by atoms with Crippen molar-refractivity contribution >= 4 is 12.0 Å². The van der Waals surface area contributed by atoms with Crippen molar-refractivity contribution in [3.05, 3.63) is 53.6 Å². The lowest BCUT2D eigenvalue weighted by atomic mass is 9.95. The summed E-state index contributed by atoms with van der Waals surface area (Å²) in [5, 5.41) is 3.10. The highest BCUT2D eigenvalue weighted by molar-refractivity contribution is 5.92. The van der Waals surface area contributed by atoms with E-state index in [0.29, 0.717) is 24.7 Å². The molecular formula is C24H29NO5. The highest BCUT2D eigenvalue weighted by Crippen LogP contribution is 2.34.